The van der Waals surface area contributed by atoms with Crippen LogP contribution in [-0.2, 0) is 22.4 Å². The quantitative estimate of drug-likeness (QED) is 0.867. The first-order chi connectivity index (χ1) is 12.2. The van der Waals surface area contributed by atoms with Gasteiger partial charge in [-0.25, -0.2) is 0 Å². The van der Waals surface area contributed by atoms with Crippen molar-refractivity contribution in [1.29, 1.82) is 0 Å². The Bertz CT molecular complexity index is 838. The van der Waals surface area contributed by atoms with Crippen LogP contribution in [0.5, 0.6) is 0 Å². The summed E-state index contributed by atoms with van der Waals surface area (Å²) >= 11 is 5.87. The SMILES string of the molecule is CC(C)(C)C(=O)N1CCc2ccc(NC(=O)Cc3ccc(Cl)cc3)cc21. The highest BCUT2D eigenvalue weighted by Crippen LogP contribution is 2.34. The number of halogens is 1. The zero-order valence-corrected chi connectivity index (χ0v) is 16.1. The highest BCUT2D eigenvalue weighted by Gasteiger charge is 2.32. The molecule has 1 aliphatic rings. The fourth-order valence-electron chi connectivity index (χ4n) is 3.07. The molecule has 26 heavy (non-hydrogen) atoms. The topological polar surface area (TPSA) is 49.4 Å². The standard InChI is InChI=1S/C21H23ClN2O2/c1-21(2,3)20(26)24-11-10-15-6-9-17(13-18(15)24)23-19(25)12-14-4-7-16(22)8-5-14/h4-9,13H,10-12H2,1-3H3,(H,23,25). The van der Waals surface area contributed by atoms with Crippen LogP contribution in [0.1, 0.15) is 31.9 Å². The van der Waals surface area contributed by atoms with Gasteiger partial charge in [-0.05, 0) is 41.8 Å². The molecule has 1 heterocycles. The molecular weight excluding hydrogens is 348 g/mol. The van der Waals surface area contributed by atoms with Crippen LogP contribution < -0.4 is 10.2 Å². The summed E-state index contributed by atoms with van der Waals surface area (Å²) in [6, 6.07) is 13.0. The second-order valence-corrected chi connectivity index (χ2v) is 8.09. The first kappa shape index (κ1) is 18.5. The van der Waals surface area contributed by atoms with E-state index in [1.165, 1.54) is 0 Å². The van der Waals surface area contributed by atoms with E-state index in [9.17, 15) is 9.59 Å². The Morgan fingerprint density at radius 2 is 1.81 bits per heavy atom. The second kappa shape index (κ2) is 7.12. The summed E-state index contributed by atoms with van der Waals surface area (Å²) in [5.74, 6) is -0.000131. The fraction of sp³-hybridized carbons (Fsp3) is 0.333. The molecule has 2 amide bonds. The van der Waals surface area contributed by atoms with Crippen molar-refractivity contribution in [2.45, 2.75) is 33.6 Å². The second-order valence-electron chi connectivity index (χ2n) is 7.65. The number of nitrogens with one attached hydrogen (secondary N) is 1. The van der Waals surface area contributed by atoms with Crippen molar-refractivity contribution in [3.05, 3.63) is 58.6 Å². The predicted octanol–water partition coefficient (Wildman–Crippen LogP) is 4.46. The fourth-order valence-corrected chi connectivity index (χ4v) is 3.19. The van der Waals surface area contributed by atoms with Crippen LogP contribution >= 0.6 is 11.6 Å². The number of hydrogen-bond acceptors (Lipinski definition) is 2. The van der Waals surface area contributed by atoms with E-state index in [1.807, 2.05) is 56.0 Å². The van der Waals surface area contributed by atoms with Gasteiger partial charge in [-0.15, -0.1) is 0 Å². The lowest BCUT2D eigenvalue weighted by Crippen LogP contribution is -2.38. The molecule has 0 unspecified atom stereocenters. The minimum atomic E-state index is -0.435. The first-order valence-electron chi connectivity index (χ1n) is 8.73. The van der Waals surface area contributed by atoms with Crippen LogP contribution in [0.25, 0.3) is 0 Å². The smallest absolute Gasteiger partial charge is 0.232 e. The summed E-state index contributed by atoms with van der Waals surface area (Å²) in [5, 5.41) is 3.57. The van der Waals surface area contributed by atoms with Gasteiger partial charge in [0.15, 0.2) is 0 Å². The molecule has 0 aromatic heterocycles. The zero-order valence-electron chi connectivity index (χ0n) is 15.3. The number of anilines is 2. The first-order valence-corrected chi connectivity index (χ1v) is 9.11. The van der Waals surface area contributed by atoms with Gasteiger partial charge in [0.1, 0.15) is 0 Å². The van der Waals surface area contributed by atoms with Crippen molar-refractivity contribution in [1.82, 2.24) is 0 Å². The average molecular weight is 371 g/mol. The number of benzene rings is 2. The number of hydrogen-bond donors (Lipinski definition) is 1. The van der Waals surface area contributed by atoms with Crippen molar-refractivity contribution in [3.63, 3.8) is 0 Å². The monoisotopic (exact) mass is 370 g/mol. The summed E-state index contributed by atoms with van der Waals surface area (Å²) < 4.78 is 0. The molecule has 0 fully saturated rings. The van der Waals surface area contributed by atoms with Crippen molar-refractivity contribution in [2.75, 3.05) is 16.8 Å². The molecule has 0 aliphatic carbocycles. The molecule has 0 radical (unpaired) electrons. The number of nitrogens with zero attached hydrogens (tertiary/aromatic N) is 1. The molecule has 5 heteroatoms. The maximum absolute atomic E-state index is 12.7. The Hall–Kier alpha value is -2.33. The van der Waals surface area contributed by atoms with E-state index < -0.39 is 5.41 Å². The summed E-state index contributed by atoms with van der Waals surface area (Å²) in [6.07, 6.45) is 1.12. The molecule has 1 aliphatic heterocycles. The number of amides is 2. The van der Waals surface area contributed by atoms with Crippen molar-refractivity contribution in [3.8, 4) is 0 Å². The molecule has 0 spiro atoms. The molecule has 2 aromatic rings. The molecule has 0 saturated carbocycles. The number of fused-ring (bicyclic) bond motifs is 1. The van der Waals surface area contributed by atoms with Gasteiger partial charge in [-0.2, -0.15) is 0 Å². The minimum Gasteiger partial charge on any atom is -0.326 e. The van der Waals surface area contributed by atoms with Gasteiger partial charge in [-0.1, -0.05) is 50.6 Å². The molecular formula is C21H23ClN2O2. The lowest BCUT2D eigenvalue weighted by atomic mass is 9.94. The molecule has 3 rings (SSSR count). The number of carbonyl (C=O) groups is 2. The Balaban J connectivity index is 1.73. The third-order valence-corrected chi connectivity index (χ3v) is 4.68. The Kier molecular flexibility index (Phi) is 5.05. The average Bonchev–Trinajstić information content (AvgIpc) is 2.98. The molecule has 0 saturated heterocycles. The number of rotatable bonds is 3. The van der Waals surface area contributed by atoms with E-state index in [0.29, 0.717) is 17.3 Å². The van der Waals surface area contributed by atoms with Crippen LogP contribution in [0, 0.1) is 5.41 Å². The summed E-state index contributed by atoms with van der Waals surface area (Å²) in [7, 11) is 0. The van der Waals surface area contributed by atoms with Gasteiger partial charge in [0.05, 0.1) is 6.42 Å². The molecule has 136 valence electrons. The molecule has 4 nitrogen and oxygen atoms in total. The zero-order chi connectivity index (χ0) is 18.9. The minimum absolute atomic E-state index is 0.0980. The summed E-state index contributed by atoms with van der Waals surface area (Å²) in [5.41, 5.74) is 3.21. The van der Waals surface area contributed by atoms with Crippen molar-refractivity contribution < 1.29 is 9.59 Å². The molecule has 0 atom stereocenters. The van der Waals surface area contributed by atoms with Crippen molar-refractivity contribution in [2.24, 2.45) is 5.41 Å². The van der Waals surface area contributed by atoms with E-state index in [-0.39, 0.29) is 18.2 Å². The highest BCUT2D eigenvalue weighted by molar-refractivity contribution is 6.30. The molecule has 1 N–H and O–H groups in total. The predicted molar refractivity (Wildman–Crippen MR) is 106 cm³/mol. The van der Waals surface area contributed by atoms with Gasteiger partial charge in [0.2, 0.25) is 11.8 Å². The van der Waals surface area contributed by atoms with Gasteiger partial charge in [-0.3, -0.25) is 9.59 Å². The van der Waals surface area contributed by atoms with E-state index in [1.54, 1.807) is 12.1 Å². The third kappa shape index (κ3) is 4.07. The van der Waals surface area contributed by atoms with Crippen LogP contribution in [0.4, 0.5) is 11.4 Å². The largest absolute Gasteiger partial charge is 0.326 e. The molecule has 0 bridgehead atoms. The van der Waals surface area contributed by atoms with Gasteiger partial charge >= 0.3 is 0 Å². The van der Waals surface area contributed by atoms with E-state index in [4.69, 9.17) is 11.6 Å². The Labute approximate surface area is 159 Å². The maximum Gasteiger partial charge on any atom is 0.232 e. The van der Waals surface area contributed by atoms with E-state index in [2.05, 4.69) is 5.32 Å². The Morgan fingerprint density at radius 3 is 2.46 bits per heavy atom. The maximum atomic E-state index is 12.7. The number of carbonyl (C=O) groups excluding carboxylic acids is 2. The van der Waals surface area contributed by atoms with Gasteiger partial charge in [0.25, 0.3) is 0 Å². The van der Waals surface area contributed by atoms with Gasteiger partial charge in [0, 0.05) is 28.4 Å². The normalized spacial score (nSPS) is 13.5. The highest BCUT2D eigenvalue weighted by atomic mass is 35.5. The Morgan fingerprint density at radius 1 is 1.12 bits per heavy atom. The van der Waals surface area contributed by atoms with E-state index >= 15 is 0 Å². The third-order valence-electron chi connectivity index (χ3n) is 4.43. The van der Waals surface area contributed by atoms with Crippen LogP contribution in [0.3, 0.4) is 0 Å². The summed E-state index contributed by atoms with van der Waals surface area (Å²) in [4.78, 5) is 26.8. The van der Waals surface area contributed by atoms with Crippen LogP contribution in [0.2, 0.25) is 5.02 Å². The van der Waals surface area contributed by atoms with Crippen LogP contribution in [-0.4, -0.2) is 18.4 Å². The summed E-state index contributed by atoms with van der Waals surface area (Å²) in [6.45, 7) is 6.45. The van der Waals surface area contributed by atoms with Crippen molar-refractivity contribution >= 4 is 34.8 Å². The lowest BCUT2D eigenvalue weighted by molar-refractivity contribution is -0.125. The van der Waals surface area contributed by atoms with Crippen LogP contribution in [0.15, 0.2) is 42.5 Å². The molecule has 2 aromatic carbocycles. The van der Waals surface area contributed by atoms with Gasteiger partial charge < -0.3 is 10.2 Å². The lowest BCUT2D eigenvalue weighted by Gasteiger charge is -2.26. The van der Waals surface area contributed by atoms with E-state index in [0.717, 1.165) is 23.2 Å².